The molecule has 0 aliphatic carbocycles. The topological polar surface area (TPSA) is 59.3 Å². The number of nitrogens with one attached hydrogen (secondary N) is 1. The Morgan fingerprint density at radius 3 is 2.90 bits per heavy atom. The van der Waals surface area contributed by atoms with E-state index < -0.39 is 17.5 Å². The monoisotopic (exact) mass is 352 g/mol. The molecule has 21 heavy (non-hydrogen) atoms. The number of hydrogen-bond donors (Lipinski definition) is 1. The molecule has 3 rings (SSSR count). The highest BCUT2D eigenvalue weighted by Gasteiger charge is 2.17. The molecule has 8 heteroatoms. The fourth-order valence-corrected chi connectivity index (χ4v) is 2.34. The van der Waals surface area contributed by atoms with E-state index in [1.807, 2.05) is 0 Å². The molecule has 2 aromatic heterocycles. The lowest BCUT2D eigenvalue weighted by molar-refractivity contribution is 0.102. The van der Waals surface area contributed by atoms with Gasteiger partial charge in [-0.15, -0.1) is 0 Å². The van der Waals surface area contributed by atoms with Gasteiger partial charge in [0.25, 0.3) is 5.91 Å². The summed E-state index contributed by atoms with van der Waals surface area (Å²) in [6.07, 6.45) is 4.47. The van der Waals surface area contributed by atoms with Crippen LogP contribution in [0, 0.1) is 11.6 Å². The number of halogens is 3. The molecule has 0 fully saturated rings. The quantitative estimate of drug-likeness (QED) is 0.771. The second kappa shape index (κ2) is 5.21. The summed E-state index contributed by atoms with van der Waals surface area (Å²) in [6.45, 7) is 0. The van der Waals surface area contributed by atoms with Gasteiger partial charge in [0.1, 0.15) is 11.4 Å². The largest absolute Gasteiger partial charge is 0.318 e. The Bertz CT molecular complexity index is 826. The number of benzene rings is 1. The molecule has 0 radical (unpaired) electrons. The zero-order chi connectivity index (χ0) is 15.0. The van der Waals surface area contributed by atoms with Crippen LogP contribution < -0.4 is 5.32 Å². The Morgan fingerprint density at radius 2 is 2.14 bits per heavy atom. The number of aromatic nitrogens is 3. The predicted molar refractivity (Wildman–Crippen MR) is 75.0 cm³/mol. The van der Waals surface area contributed by atoms with Crippen LogP contribution in [0.2, 0.25) is 0 Å². The van der Waals surface area contributed by atoms with E-state index in [4.69, 9.17) is 0 Å². The van der Waals surface area contributed by atoms with Crippen LogP contribution in [0.1, 0.15) is 10.4 Å². The number of rotatable bonds is 2. The Kier molecular flexibility index (Phi) is 3.38. The number of fused-ring (bicyclic) bond motifs is 1. The van der Waals surface area contributed by atoms with E-state index in [0.29, 0.717) is 11.7 Å². The summed E-state index contributed by atoms with van der Waals surface area (Å²) in [6, 6.07) is 3.42. The number of amides is 1. The summed E-state index contributed by atoms with van der Waals surface area (Å²) >= 11 is 3.01. The first kappa shape index (κ1) is 13.6. The van der Waals surface area contributed by atoms with Crippen molar-refractivity contribution < 1.29 is 13.6 Å². The number of anilines is 1. The smallest absolute Gasteiger partial charge is 0.261 e. The van der Waals surface area contributed by atoms with Gasteiger partial charge in [-0.1, -0.05) is 0 Å². The molecule has 0 unspecified atom stereocenters. The SMILES string of the molecule is O=C(Nc1c(F)cc(F)cc1Br)c1cnn2cccnc12. The number of carbonyl (C=O) groups excluding carboxylic acids is 1. The molecule has 2 heterocycles. The molecule has 1 amide bonds. The Morgan fingerprint density at radius 1 is 1.33 bits per heavy atom. The molecule has 1 aromatic carbocycles. The van der Waals surface area contributed by atoms with Crippen molar-refractivity contribution in [2.75, 3.05) is 5.32 Å². The van der Waals surface area contributed by atoms with Gasteiger partial charge in [0.05, 0.1) is 11.9 Å². The average Bonchev–Trinajstić information content (AvgIpc) is 2.86. The van der Waals surface area contributed by atoms with Crippen molar-refractivity contribution in [1.29, 1.82) is 0 Å². The van der Waals surface area contributed by atoms with Gasteiger partial charge in [-0.05, 0) is 28.1 Å². The molecule has 0 bridgehead atoms. The molecule has 0 atom stereocenters. The van der Waals surface area contributed by atoms with Crippen LogP contribution in [0.3, 0.4) is 0 Å². The predicted octanol–water partition coefficient (Wildman–Crippen LogP) is 3.02. The molecular formula is C13H7BrF2N4O. The molecule has 0 aliphatic rings. The number of carbonyl (C=O) groups is 1. The van der Waals surface area contributed by atoms with Gasteiger partial charge in [-0.3, -0.25) is 4.79 Å². The fraction of sp³-hybridized carbons (Fsp3) is 0. The maximum Gasteiger partial charge on any atom is 0.261 e. The zero-order valence-electron chi connectivity index (χ0n) is 10.3. The lowest BCUT2D eigenvalue weighted by Gasteiger charge is -2.08. The Balaban J connectivity index is 1.97. The summed E-state index contributed by atoms with van der Waals surface area (Å²) in [4.78, 5) is 16.2. The zero-order valence-corrected chi connectivity index (χ0v) is 11.9. The van der Waals surface area contributed by atoms with Crippen molar-refractivity contribution in [1.82, 2.24) is 14.6 Å². The first-order valence-corrected chi connectivity index (χ1v) is 6.60. The minimum absolute atomic E-state index is 0.109. The fourth-order valence-electron chi connectivity index (χ4n) is 1.83. The van der Waals surface area contributed by atoms with Crippen LogP contribution >= 0.6 is 15.9 Å². The third kappa shape index (κ3) is 2.49. The summed E-state index contributed by atoms with van der Waals surface area (Å²) in [5, 5.41) is 6.35. The van der Waals surface area contributed by atoms with Gasteiger partial charge >= 0.3 is 0 Å². The molecule has 3 aromatic rings. The summed E-state index contributed by atoms with van der Waals surface area (Å²) in [5.74, 6) is -2.20. The van der Waals surface area contributed by atoms with E-state index in [1.54, 1.807) is 12.3 Å². The lowest BCUT2D eigenvalue weighted by atomic mass is 10.2. The van der Waals surface area contributed by atoms with Gasteiger partial charge in [0, 0.05) is 22.9 Å². The molecular weight excluding hydrogens is 346 g/mol. The maximum absolute atomic E-state index is 13.7. The van der Waals surface area contributed by atoms with E-state index in [9.17, 15) is 13.6 Å². The lowest BCUT2D eigenvalue weighted by Crippen LogP contribution is -2.14. The van der Waals surface area contributed by atoms with E-state index in [2.05, 4.69) is 31.3 Å². The molecule has 1 N–H and O–H groups in total. The van der Waals surface area contributed by atoms with Gasteiger partial charge in [-0.25, -0.2) is 18.3 Å². The first-order chi connectivity index (χ1) is 10.1. The first-order valence-electron chi connectivity index (χ1n) is 5.80. The van der Waals surface area contributed by atoms with E-state index in [-0.39, 0.29) is 15.7 Å². The van der Waals surface area contributed by atoms with E-state index in [0.717, 1.165) is 6.07 Å². The van der Waals surface area contributed by atoms with Crippen LogP contribution in [0.25, 0.3) is 5.65 Å². The van der Waals surface area contributed by atoms with E-state index >= 15 is 0 Å². The van der Waals surface area contributed by atoms with Crippen molar-refractivity contribution >= 4 is 33.2 Å². The highest BCUT2D eigenvalue weighted by molar-refractivity contribution is 9.10. The van der Waals surface area contributed by atoms with E-state index in [1.165, 1.54) is 16.9 Å². The summed E-state index contributed by atoms with van der Waals surface area (Å²) in [5.41, 5.74) is 0.386. The highest BCUT2D eigenvalue weighted by Crippen LogP contribution is 2.27. The van der Waals surface area contributed by atoms with Crippen LogP contribution in [0.5, 0.6) is 0 Å². The summed E-state index contributed by atoms with van der Waals surface area (Å²) < 4.78 is 28.3. The van der Waals surface area contributed by atoms with Crippen molar-refractivity contribution in [3.63, 3.8) is 0 Å². The highest BCUT2D eigenvalue weighted by atomic mass is 79.9. The van der Waals surface area contributed by atoms with Crippen molar-refractivity contribution in [3.05, 3.63) is 58.5 Å². The third-order valence-electron chi connectivity index (χ3n) is 2.77. The molecule has 5 nitrogen and oxygen atoms in total. The Labute approximate surface area is 125 Å². The standard InChI is InChI=1S/C13H7BrF2N4O/c14-9-4-7(15)5-10(16)11(9)19-13(21)8-6-18-20-3-1-2-17-12(8)20/h1-6H,(H,19,21). The molecule has 0 saturated carbocycles. The van der Waals surface area contributed by atoms with Crippen LogP contribution in [0.4, 0.5) is 14.5 Å². The third-order valence-corrected chi connectivity index (χ3v) is 3.39. The number of nitrogens with zero attached hydrogens (tertiary/aromatic N) is 3. The minimum Gasteiger partial charge on any atom is -0.318 e. The maximum atomic E-state index is 13.7. The average molecular weight is 353 g/mol. The molecule has 0 aliphatic heterocycles. The van der Waals surface area contributed by atoms with Crippen molar-refractivity contribution in [3.8, 4) is 0 Å². The summed E-state index contributed by atoms with van der Waals surface area (Å²) in [7, 11) is 0. The van der Waals surface area contributed by atoms with Gasteiger partial charge in [0.2, 0.25) is 0 Å². The number of hydrogen-bond acceptors (Lipinski definition) is 3. The Hall–Kier alpha value is -2.35. The van der Waals surface area contributed by atoms with Crippen LogP contribution in [-0.2, 0) is 0 Å². The van der Waals surface area contributed by atoms with Crippen LogP contribution in [-0.4, -0.2) is 20.5 Å². The molecule has 0 saturated heterocycles. The molecule has 106 valence electrons. The van der Waals surface area contributed by atoms with Crippen molar-refractivity contribution in [2.24, 2.45) is 0 Å². The normalized spacial score (nSPS) is 10.8. The minimum atomic E-state index is -0.875. The molecule has 0 spiro atoms. The van der Waals surface area contributed by atoms with Crippen LogP contribution in [0.15, 0.2) is 41.3 Å². The van der Waals surface area contributed by atoms with Gasteiger partial charge in [0.15, 0.2) is 11.5 Å². The van der Waals surface area contributed by atoms with Gasteiger partial charge < -0.3 is 5.32 Å². The second-order valence-corrected chi connectivity index (χ2v) is 5.00. The van der Waals surface area contributed by atoms with Gasteiger partial charge in [-0.2, -0.15) is 5.10 Å². The van der Waals surface area contributed by atoms with Crippen molar-refractivity contribution in [2.45, 2.75) is 0 Å². The second-order valence-electron chi connectivity index (χ2n) is 4.14.